The molecule has 0 fully saturated rings. The number of benzene rings is 1. The fourth-order valence-corrected chi connectivity index (χ4v) is 2.21. The summed E-state index contributed by atoms with van der Waals surface area (Å²) in [5, 5.41) is 0. The molecule has 0 bridgehead atoms. The SMILES string of the molecule is C/C=C/CN1C(=O)CCc2cc(OCCN)ccc21. The molecule has 4 heteroatoms. The van der Waals surface area contributed by atoms with Gasteiger partial charge in [0.15, 0.2) is 0 Å². The topological polar surface area (TPSA) is 55.6 Å². The Kier molecular flexibility index (Phi) is 4.58. The van der Waals surface area contributed by atoms with Crippen LogP contribution in [0.5, 0.6) is 5.75 Å². The fourth-order valence-electron chi connectivity index (χ4n) is 2.21. The minimum Gasteiger partial charge on any atom is -0.492 e. The van der Waals surface area contributed by atoms with E-state index in [1.165, 1.54) is 5.56 Å². The lowest BCUT2D eigenvalue weighted by molar-refractivity contribution is -0.118. The lowest BCUT2D eigenvalue weighted by Gasteiger charge is -2.28. The monoisotopic (exact) mass is 260 g/mol. The Bertz CT molecular complexity index is 483. The number of hydrogen-bond acceptors (Lipinski definition) is 3. The second-order valence-electron chi connectivity index (χ2n) is 4.50. The maximum Gasteiger partial charge on any atom is 0.227 e. The van der Waals surface area contributed by atoms with Gasteiger partial charge in [0.1, 0.15) is 12.4 Å². The van der Waals surface area contributed by atoms with E-state index in [2.05, 4.69) is 0 Å². The normalized spacial score (nSPS) is 14.8. The maximum absolute atomic E-state index is 12.0. The van der Waals surface area contributed by atoms with Crippen molar-refractivity contribution < 1.29 is 9.53 Å². The summed E-state index contributed by atoms with van der Waals surface area (Å²) in [6.07, 6.45) is 5.29. The minimum absolute atomic E-state index is 0.182. The predicted molar refractivity (Wildman–Crippen MR) is 76.5 cm³/mol. The van der Waals surface area contributed by atoms with Gasteiger partial charge in [-0.1, -0.05) is 12.2 Å². The number of aryl methyl sites for hydroxylation is 1. The maximum atomic E-state index is 12.0. The quantitative estimate of drug-likeness (QED) is 0.822. The summed E-state index contributed by atoms with van der Waals surface area (Å²) < 4.78 is 5.52. The molecule has 1 amide bonds. The lowest BCUT2D eigenvalue weighted by atomic mass is 10.0. The van der Waals surface area contributed by atoms with Gasteiger partial charge in [0.05, 0.1) is 0 Å². The summed E-state index contributed by atoms with van der Waals surface area (Å²) in [5.74, 6) is 1.01. The number of allylic oxidation sites excluding steroid dienone is 1. The lowest BCUT2D eigenvalue weighted by Crippen LogP contribution is -2.35. The zero-order chi connectivity index (χ0) is 13.7. The molecule has 2 N–H and O–H groups in total. The van der Waals surface area contributed by atoms with E-state index >= 15 is 0 Å². The summed E-state index contributed by atoms with van der Waals surface area (Å²) in [6, 6.07) is 5.87. The van der Waals surface area contributed by atoms with Crippen molar-refractivity contribution in [1.82, 2.24) is 0 Å². The molecule has 1 aliphatic heterocycles. The number of nitrogens with zero attached hydrogens (tertiary/aromatic N) is 1. The first-order chi connectivity index (χ1) is 9.26. The zero-order valence-corrected chi connectivity index (χ0v) is 11.3. The van der Waals surface area contributed by atoms with E-state index in [1.54, 1.807) is 0 Å². The van der Waals surface area contributed by atoms with Crippen LogP contribution >= 0.6 is 0 Å². The predicted octanol–water partition coefficient (Wildman–Crippen LogP) is 1.88. The third-order valence-electron chi connectivity index (χ3n) is 3.16. The number of amides is 1. The molecule has 0 saturated heterocycles. The van der Waals surface area contributed by atoms with Crippen molar-refractivity contribution in [2.45, 2.75) is 19.8 Å². The summed E-state index contributed by atoms with van der Waals surface area (Å²) in [5.41, 5.74) is 7.58. The molecule has 0 aliphatic carbocycles. The second kappa shape index (κ2) is 6.38. The Morgan fingerprint density at radius 1 is 1.42 bits per heavy atom. The molecule has 0 aromatic heterocycles. The molecule has 0 spiro atoms. The molecule has 1 aromatic rings. The van der Waals surface area contributed by atoms with E-state index in [0.717, 1.165) is 17.9 Å². The van der Waals surface area contributed by atoms with E-state index in [9.17, 15) is 4.79 Å². The van der Waals surface area contributed by atoms with Gasteiger partial charge in [-0.2, -0.15) is 0 Å². The van der Waals surface area contributed by atoms with Gasteiger partial charge in [0.25, 0.3) is 0 Å². The smallest absolute Gasteiger partial charge is 0.227 e. The number of carbonyl (C=O) groups is 1. The van der Waals surface area contributed by atoms with E-state index in [1.807, 2.05) is 42.2 Å². The van der Waals surface area contributed by atoms with E-state index in [4.69, 9.17) is 10.5 Å². The van der Waals surface area contributed by atoms with Crippen molar-refractivity contribution in [2.24, 2.45) is 5.73 Å². The molecule has 4 nitrogen and oxygen atoms in total. The number of fused-ring (bicyclic) bond motifs is 1. The first-order valence-corrected chi connectivity index (χ1v) is 6.63. The molecule has 0 saturated carbocycles. The van der Waals surface area contributed by atoms with Gasteiger partial charge >= 0.3 is 0 Å². The molecular formula is C15H20N2O2. The molecule has 1 aliphatic rings. The third-order valence-corrected chi connectivity index (χ3v) is 3.16. The summed E-state index contributed by atoms with van der Waals surface area (Å²) in [7, 11) is 0. The van der Waals surface area contributed by atoms with Gasteiger partial charge in [0, 0.05) is 25.2 Å². The molecule has 1 heterocycles. The van der Waals surface area contributed by atoms with Crippen molar-refractivity contribution >= 4 is 11.6 Å². The molecule has 0 unspecified atom stereocenters. The van der Waals surface area contributed by atoms with Gasteiger partial charge in [0.2, 0.25) is 5.91 Å². The molecular weight excluding hydrogens is 240 g/mol. The fraction of sp³-hybridized carbons (Fsp3) is 0.400. The molecule has 1 aromatic carbocycles. The largest absolute Gasteiger partial charge is 0.492 e. The van der Waals surface area contributed by atoms with Crippen LogP contribution in [-0.4, -0.2) is 25.6 Å². The van der Waals surface area contributed by atoms with Crippen LogP contribution in [0.1, 0.15) is 18.9 Å². The van der Waals surface area contributed by atoms with Crippen LogP contribution in [0, 0.1) is 0 Å². The Balaban J connectivity index is 2.22. The highest BCUT2D eigenvalue weighted by molar-refractivity contribution is 5.96. The van der Waals surface area contributed by atoms with Crippen molar-refractivity contribution in [3.63, 3.8) is 0 Å². The third kappa shape index (κ3) is 3.15. The van der Waals surface area contributed by atoms with E-state index < -0.39 is 0 Å². The van der Waals surface area contributed by atoms with Crippen LogP contribution in [0.25, 0.3) is 0 Å². The number of ether oxygens (including phenoxy) is 1. The van der Waals surface area contributed by atoms with Gasteiger partial charge in [-0.3, -0.25) is 4.79 Å². The zero-order valence-electron chi connectivity index (χ0n) is 11.3. The van der Waals surface area contributed by atoms with E-state index in [-0.39, 0.29) is 5.91 Å². The van der Waals surface area contributed by atoms with Gasteiger partial charge in [-0.15, -0.1) is 0 Å². The number of hydrogen-bond donors (Lipinski definition) is 1. The average molecular weight is 260 g/mol. The Labute approximate surface area is 113 Å². The van der Waals surface area contributed by atoms with Crippen LogP contribution < -0.4 is 15.4 Å². The van der Waals surface area contributed by atoms with Gasteiger partial charge in [-0.05, 0) is 37.1 Å². The summed E-state index contributed by atoms with van der Waals surface area (Å²) in [6.45, 7) is 3.60. The standard InChI is InChI=1S/C15H20N2O2/c1-2-3-9-17-14-6-5-13(19-10-8-16)11-12(14)4-7-15(17)18/h2-3,5-6,11H,4,7-10,16H2,1H3/b3-2+. The number of nitrogens with two attached hydrogens (primary N) is 1. The van der Waals surface area contributed by atoms with Crippen molar-refractivity contribution in [3.05, 3.63) is 35.9 Å². The second-order valence-corrected chi connectivity index (χ2v) is 4.50. The summed E-state index contributed by atoms with van der Waals surface area (Å²) in [4.78, 5) is 13.8. The van der Waals surface area contributed by atoms with Crippen LogP contribution in [0.4, 0.5) is 5.69 Å². The molecule has 0 radical (unpaired) electrons. The van der Waals surface area contributed by atoms with Crippen LogP contribution in [0.2, 0.25) is 0 Å². The van der Waals surface area contributed by atoms with E-state index in [0.29, 0.717) is 26.1 Å². The Morgan fingerprint density at radius 2 is 2.26 bits per heavy atom. The molecule has 0 atom stereocenters. The average Bonchev–Trinajstić information content (AvgIpc) is 2.44. The van der Waals surface area contributed by atoms with Gasteiger partial charge in [-0.25, -0.2) is 0 Å². The highest BCUT2D eigenvalue weighted by Gasteiger charge is 2.23. The van der Waals surface area contributed by atoms with Crippen LogP contribution in [-0.2, 0) is 11.2 Å². The van der Waals surface area contributed by atoms with Gasteiger partial charge < -0.3 is 15.4 Å². The molecule has 19 heavy (non-hydrogen) atoms. The van der Waals surface area contributed by atoms with Crippen molar-refractivity contribution in [2.75, 3.05) is 24.6 Å². The number of rotatable bonds is 5. The Morgan fingerprint density at radius 3 is 3.00 bits per heavy atom. The number of carbonyl (C=O) groups excluding carboxylic acids is 1. The van der Waals surface area contributed by atoms with Crippen molar-refractivity contribution in [1.29, 1.82) is 0 Å². The van der Waals surface area contributed by atoms with Crippen molar-refractivity contribution in [3.8, 4) is 5.75 Å². The van der Waals surface area contributed by atoms with Crippen LogP contribution in [0.3, 0.4) is 0 Å². The molecule has 102 valence electrons. The highest BCUT2D eigenvalue weighted by atomic mass is 16.5. The van der Waals surface area contributed by atoms with Crippen LogP contribution in [0.15, 0.2) is 30.4 Å². The minimum atomic E-state index is 0.182. The Hall–Kier alpha value is -1.81. The number of anilines is 1. The molecule has 2 rings (SSSR count). The summed E-state index contributed by atoms with van der Waals surface area (Å²) >= 11 is 0. The first kappa shape index (κ1) is 13.6. The first-order valence-electron chi connectivity index (χ1n) is 6.63. The highest BCUT2D eigenvalue weighted by Crippen LogP contribution is 2.31.